The van der Waals surface area contributed by atoms with Crippen molar-refractivity contribution in [2.24, 2.45) is 0 Å². The van der Waals surface area contributed by atoms with Crippen molar-refractivity contribution in [1.82, 2.24) is 0 Å². The van der Waals surface area contributed by atoms with E-state index in [1.54, 1.807) is 43.1 Å². The average molecular weight is 374 g/mol. The fourth-order valence-corrected chi connectivity index (χ4v) is 2.99. The number of hydrogen-bond acceptors (Lipinski definition) is 4. The third kappa shape index (κ3) is 6.09. The predicted molar refractivity (Wildman–Crippen MR) is 105 cm³/mol. The van der Waals surface area contributed by atoms with Crippen molar-refractivity contribution in [2.45, 2.75) is 4.90 Å². The number of thioether (sulfide) groups is 1. The SMILES string of the molecule is COc1ccc(NC(=O)C[NH+](C)CC(=O)Nc2ccccc2SC)cc1. The van der Waals surface area contributed by atoms with Gasteiger partial charge in [0, 0.05) is 10.6 Å². The largest absolute Gasteiger partial charge is 0.497 e. The summed E-state index contributed by atoms with van der Waals surface area (Å²) in [7, 11) is 3.40. The van der Waals surface area contributed by atoms with Crippen LogP contribution in [0.4, 0.5) is 11.4 Å². The summed E-state index contributed by atoms with van der Waals surface area (Å²) in [5.41, 5.74) is 1.49. The molecule has 7 heteroatoms. The lowest BCUT2D eigenvalue weighted by molar-refractivity contribution is -0.862. The lowest BCUT2D eigenvalue weighted by Crippen LogP contribution is -3.11. The number of para-hydroxylation sites is 1. The predicted octanol–water partition coefficient (Wildman–Crippen LogP) is 1.51. The van der Waals surface area contributed by atoms with Crippen molar-refractivity contribution in [3.05, 3.63) is 48.5 Å². The van der Waals surface area contributed by atoms with E-state index < -0.39 is 0 Å². The molecule has 1 unspecified atom stereocenters. The van der Waals surface area contributed by atoms with Gasteiger partial charge in [0.05, 0.1) is 19.8 Å². The number of benzene rings is 2. The highest BCUT2D eigenvalue weighted by Gasteiger charge is 2.15. The summed E-state index contributed by atoms with van der Waals surface area (Å²) in [5.74, 6) is 0.458. The third-order valence-electron chi connectivity index (χ3n) is 3.68. The van der Waals surface area contributed by atoms with Crippen LogP contribution in [0, 0.1) is 0 Å². The fourth-order valence-electron chi connectivity index (χ4n) is 2.43. The summed E-state index contributed by atoms with van der Waals surface area (Å²) >= 11 is 1.58. The number of ether oxygens (including phenoxy) is 1. The van der Waals surface area contributed by atoms with Gasteiger partial charge >= 0.3 is 0 Å². The van der Waals surface area contributed by atoms with Gasteiger partial charge in [0.25, 0.3) is 11.8 Å². The van der Waals surface area contributed by atoms with Crippen molar-refractivity contribution >= 4 is 35.0 Å². The Balaban J connectivity index is 1.82. The van der Waals surface area contributed by atoms with E-state index in [1.807, 2.05) is 37.6 Å². The molecule has 0 saturated heterocycles. The Bertz CT molecular complexity index is 750. The monoisotopic (exact) mass is 374 g/mol. The number of likely N-dealkylation sites (N-methyl/N-ethyl adjacent to an activating group) is 1. The van der Waals surface area contributed by atoms with Crippen LogP contribution in [0.2, 0.25) is 0 Å². The van der Waals surface area contributed by atoms with Gasteiger partial charge in [0.2, 0.25) is 0 Å². The molecule has 26 heavy (non-hydrogen) atoms. The Morgan fingerprint density at radius 3 is 2.23 bits per heavy atom. The maximum absolute atomic E-state index is 12.2. The molecular weight excluding hydrogens is 350 g/mol. The lowest BCUT2D eigenvalue weighted by Gasteiger charge is -2.15. The van der Waals surface area contributed by atoms with Gasteiger partial charge in [-0.15, -0.1) is 11.8 Å². The van der Waals surface area contributed by atoms with Crippen molar-refractivity contribution < 1.29 is 19.2 Å². The molecule has 0 saturated carbocycles. The summed E-state index contributed by atoms with van der Waals surface area (Å²) < 4.78 is 5.08. The van der Waals surface area contributed by atoms with Crippen molar-refractivity contribution in [2.75, 3.05) is 44.1 Å². The second kappa shape index (κ2) is 9.84. The number of rotatable bonds is 8. The van der Waals surface area contributed by atoms with E-state index in [0.717, 1.165) is 21.2 Å². The first-order chi connectivity index (χ1) is 12.5. The van der Waals surface area contributed by atoms with E-state index in [-0.39, 0.29) is 24.9 Å². The first kappa shape index (κ1) is 19.8. The van der Waals surface area contributed by atoms with Gasteiger partial charge in [-0.25, -0.2) is 0 Å². The van der Waals surface area contributed by atoms with Crippen LogP contribution in [0.3, 0.4) is 0 Å². The molecule has 138 valence electrons. The van der Waals surface area contributed by atoms with Gasteiger partial charge in [0.15, 0.2) is 13.1 Å². The van der Waals surface area contributed by atoms with Crippen LogP contribution >= 0.6 is 11.8 Å². The van der Waals surface area contributed by atoms with Gasteiger partial charge in [-0.2, -0.15) is 0 Å². The van der Waals surface area contributed by atoms with Crippen molar-refractivity contribution in [3.63, 3.8) is 0 Å². The molecule has 0 bridgehead atoms. The number of hydrogen-bond donors (Lipinski definition) is 3. The smallest absolute Gasteiger partial charge is 0.279 e. The van der Waals surface area contributed by atoms with Crippen molar-refractivity contribution in [3.8, 4) is 5.75 Å². The van der Waals surface area contributed by atoms with Gasteiger partial charge in [0.1, 0.15) is 5.75 Å². The average Bonchev–Trinajstić information content (AvgIpc) is 2.62. The van der Waals surface area contributed by atoms with Crippen LogP contribution in [-0.4, -0.2) is 45.3 Å². The highest BCUT2D eigenvalue weighted by Crippen LogP contribution is 2.24. The van der Waals surface area contributed by atoms with E-state index >= 15 is 0 Å². The molecule has 0 fully saturated rings. The summed E-state index contributed by atoms with van der Waals surface area (Å²) in [4.78, 5) is 26.1. The molecule has 0 aliphatic carbocycles. The fraction of sp³-hybridized carbons (Fsp3) is 0.263. The summed E-state index contributed by atoms with van der Waals surface area (Å²) in [6.45, 7) is 0.405. The lowest BCUT2D eigenvalue weighted by atomic mass is 10.3. The summed E-state index contributed by atoms with van der Waals surface area (Å²) in [5, 5.41) is 5.72. The second-order valence-corrected chi connectivity index (χ2v) is 6.68. The maximum Gasteiger partial charge on any atom is 0.279 e. The van der Waals surface area contributed by atoms with E-state index in [4.69, 9.17) is 4.74 Å². The van der Waals surface area contributed by atoms with Crippen LogP contribution in [0.1, 0.15) is 0 Å². The zero-order valence-corrected chi connectivity index (χ0v) is 16.0. The molecule has 1 atom stereocenters. The van der Waals surface area contributed by atoms with Crippen LogP contribution < -0.4 is 20.3 Å². The Kier molecular flexibility index (Phi) is 7.50. The van der Waals surface area contributed by atoms with Gasteiger partial charge in [-0.05, 0) is 42.7 Å². The third-order valence-corrected chi connectivity index (χ3v) is 4.48. The molecule has 0 aliphatic heterocycles. The first-order valence-electron chi connectivity index (χ1n) is 8.20. The molecule has 3 N–H and O–H groups in total. The molecule has 2 aromatic rings. The van der Waals surface area contributed by atoms with Crippen LogP contribution in [0.15, 0.2) is 53.4 Å². The Labute approximate surface area is 157 Å². The number of anilines is 2. The molecule has 0 heterocycles. The van der Waals surface area contributed by atoms with Gasteiger partial charge in [-0.3, -0.25) is 9.59 Å². The summed E-state index contributed by atoms with van der Waals surface area (Å²) in [6.07, 6.45) is 1.96. The highest BCUT2D eigenvalue weighted by molar-refractivity contribution is 7.98. The standard InChI is InChI=1S/C19H23N3O3S/c1-22(12-18(23)20-14-8-10-15(25-2)11-9-14)13-19(24)21-16-6-4-5-7-17(16)26-3/h4-11H,12-13H2,1-3H3,(H,20,23)(H,21,24)/p+1. The van der Waals surface area contributed by atoms with Gasteiger partial charge in [-0.1, -0.05) is 12.1 Å². The van der Waals surface area contributed by atoms with Gasteiger partial charge < -0.3 is 20.3 Å². The number of amides is 2. The molecule has 0 aromatic heterocycles. The topological polar surface area (TPSA) is 71.9 Å². The van der Waals surface area contributed by atoms with Crippen LogP contribution in [0.5, 0.6) is 5.75 Å². The molecule has 0 aliphatic rings. The Hall–Kier alpha value is -2.51. The molecule has 0 spiro atoms. The maximum atomic E-state index is 12.2. The highest BCUT2D eigenvalue weighted by atomic mass is 32.2. The number of carbonyl (C=O) groups excluding carboxylic acids is 2. The molecule has 2 amide bonds. The molecule has 6 nitrogen and oxygen atoms in total. The number of quaternary nitrogens is 1. The number of carbonyl (C=O) groups is 2. The first-order valence-corrected chi connectivity index (χ1v) is 9.42. The molecule has 0 radical (unpaired) electrons. The Morgan fingerprint density at radius 1 is 1.00 bits per heavy atom. The zero-order valence-electron chi connectivity index (χ0n) is 15.2. The number of methoxy groups -OCH3 is 1. The minimum atomic E-state index is -0.148. The molecule has 2 rings (SSSR count). The van der Waals surface area contributed by atoms with Crippen LogP contribution in [-0.2, 0) is 9.59 Å². The number of nitrogens with one attached hydrogen (secondary N) is 3. The van der Waals surface area contributed by atoms with Crippen molar-refractivity contribution in [1.29, 1.82) is 0 Å². The Morgan fingerprint density at radius 2 is 1.62 bits per heavy atom. The quantitative estimate of drug-likeness (QED) is 0.613. The van der Waals surface area contributed by atoms with E-state index in [9.17, 15) is 9.59 Å². The normalized spacial score (nSPS) is 11.5. The minimum Gasteiger partial charge on any atom is -0.497 e. The molecular formula is C19H24N3O3S+. The zero-order chi connectivity index (χ0) is 18.9. The van der Waals surface area contributed by atoms with E-state index in [0.29, 0.717) is 5.69 Å². The second-order valence-electron chi connectivity index (χ2n) is 5.84. The minimum absolute atomic E-state index is 0.124. The summed E-state index contributed by atoms with van der Waals surface area (Å²) in [6, 6.07) is 14.8. The van der Waals surface area contributed by atoms with Crippen LogP contribution in [0.25, 0.3) is 0 Å². The molecule has 2 aromatic carbocycles. The van der Waals surface area contributed by atoms with E-state index in [1.165, 1.54) is 0 Å². The van der Waals surface area contributed by atoms with E-state index in [2.05, 4.69) is 10.6 Å².